The maximum absolute atomic E-state index is 11.1. The van der Waals surface area contributed by atoms with Crippen molar-refractivity contribution in [2.24, 2.45) is 0 Å². The zero-order chi connectivity index (χ0) is 107. The average molecular weight is 1330 g/mol. The topological polar surface area (TPSA) is 35.9 Å². The number of imidazole rings is 1. The first-order valence-electron chi connectivity index (χ1n) is 53.5. The second-order valence-corrected chi connectivity index (χ2v) is 25.6. The summed E-state index contributed by atoms with van der Waals surface area (Å²) in [5, 5.41) is -4.12. The van der Waals surface area contributed by atoms with E-state index in [9.17, 15) is 35.6 Å². The minimum absolute atomic E-state index is 0.0348. The number of nitrogens with zero attached hydrogens (tertiary/aromatic N) is 4. The van der Waals surface area contributed by atoms with Gasteiger partial charge >= 0.3 is 0 Å². The number of aryl methyl sites for hydroxylation is 3. The van der Waals surface area contributed by atoms with Gasteiger partial charge in [0.05, 0.1) is 85.5 Å². The number of hydrogen-bond acceptors (Lipinski definition) is 2. The monoisotopic (exact) mass is 1330 g/mol. The fourth-order valence-electron chi connectivity index (χ4n) is 12.3. The van der Waals surface area contributed by atoms with Gasteiger partial charge in [-0.1, -0.05) is 272 Å². The van der Waals surface area contributed by atoms with E-state index in [1.54, 1.807) is 34.9 Å². The van der Waals surface area contributed by atoms with E-state index in [2.05, 4.69) is 11.3 Å². The van der Waals surface area contributed by atoms with Crippen LogP contribution in [0.5, 0.6) is 11.5 Å². The zero-order valence-electron chi connectivity index (χ0n) is 97.8. The summed E-state index contributed by atoms with van der Waals surface area (Å²) >= 11 is 0. The Morgan fingerprint density at radius 2 is 0.939 bits per heavy atom. The highest BCUT2D eigenvalue weighted by Gasteiger charge is 2.44. The van der Waals surface area contributed by atoms with Crippen molar-refractivity contribution >= 4 is 61.7 Å². The van der Waals surface area contributed by atoms with Crippen molar-refractivity contribution in [3.8, 4) is 95.5 Å². The Bertz CT molecular complexity index is 8160. The fraction of sp³-hybridized carbons (Fsp3) is 0.0323. The van der Waals surface area contributed by atoms with Gasteiger partial charge in [-0.2, -0.15) is 0 Å². The molecule has 0 radical (unpaired) electrons. The predicted molar refractivity (Wildman–Crippen MR) is 413 cm³/mol. The molecular formula is C93H68N4OSi. The lowest BCUT2D eigenvalue weighted by Crippen LogP contribution is -2.76. The highest BCUT2D eigenvalue weighted by molar-refractivity contribution is 7.20. The van der Waals surface area contributed by atoms with E-state index in [1.807, 2.05) is 0 Å². The fourth-order valence-corrected chi connectivity index (χ4v) is 16.3. The van der Waals surface area contributed by atoms with E-state index in [1.165, 1.54) is 48.5 Å². The Balaban J connectivity index is 1.12. The van der Waals surface area contributed by atoms with Gasteiger partial charge in [0, 0.05) is 40.9 Å². The van der Waals surface area contributed by atoms with Crippen LogP contribution in [-0.2, 0) is 0 Å². The molecule has 0 bridgehead atoms. The minimum Gasteiger partial charge on any atom is -0.458 e. The molecule has 0 saturated carbocycles. The smallest absolute Gasteiger partial charge is 0.269 e. The van der Waals surface area contributed by atoms with Gasteiger partial charge in [0.1, 0.15) is 17.3 Å². The molecule has 99 heavy (non-hydrogen) atoms. The standard InChI is InChI=1S/C93H68N4OSi/c1-64-29-27-30-65(2)92(64)71-49-52-87-89(58-71)95(76-39-28-40-77(60-76)98-78-50-51-83-82-47-25-26-48-86(82)97(88(83)61-78)91-53-66(3)85(62-94-91)70-37-17-7-18-38-70)63-96(87)93-84(75-55-72(67-31-11-4-12-32-67)54-73(56-75)68-33-13-5-14-34-68)57-74(69-35-15-6-16-36-69)59-90(93)99(79-41-19-8-20-42-79,80-43-21-9-22-44-80)81-45-23-10-24-46-81/h4-62H,1-3H3/i1D3,2D3,3D3,4D,5D,6D,7D,8D,9D,10D,11D,12D,13D,14D,15D,16D,17D,18D,19D,20D,21D,22D,23D,24D,31D,32D,33D,34D,35D,36D,37D,38D,41D,42D,43D,44D,45D,46D,54D,55D,56D. The van der Waals surface area contributed by atoms with Crippen molar-refractivity contribution < 1.29 is 73.7 Å². The molecule has 3 aromatic heterocycles. The van der Waals surface area contributed by atoms with Crippen LogP contribution >= 0.6 is 0 Å². The molecule has 0 atom stereocenters. The van der Waals surface area contributed by atoms with Gasteiger partial charge in [0.15, 0.2) is 8.07 Å². The van der Waals surface area contributed by atoms with Crippen LogP contribution in [0.3, 0.4) is 0 Å². The number of rotatable bonds is 15. The van der Waals surface area contributed by atoms with Gasteiger partial charge in [-0.3, -0.25) is 13.7 Å². The van der Waals surface area contributed by atoms with E-state index in [-0.39, 0.29) is 39.6 Å². The summed E-state index contributed by atoms with van der Waals surface area (Å²) in [6, 6.07) is -20.3. The molecule has 17 aromatic rings. The minimum atomic E-state index is -7.18. The van der Waals surface area contributed by atoms with Crippen LogP contribution in [0.4, 0.5) is 0 Å². The molecule has 0 spiro atoms. The van der Waals surface area contributed by atoms with Crippen LogP contribution in [-0.4, -0.2) is 22.2 Å². The average Bonchev–Trinajstić information content (AvgIpc) is 0.859. The van der Waals surface area contributed by atoms with Gasteiger partial charge in [-0.15, -0.1) is 0 Å². The number of aromatic nitrogens is 4. The van der Waals surface area contributed by atoms with Crippen LogP contribution in [0.15, 0.2) is 357 Å². The van der Waals surface area contributed by atoms with Crippen LogP contribution in [0.2, 0.25) is 0 Å². The quantitative estimate of drug-likeness (QED) is 0.0444. The first kappa shape index (κ1) is 28.3. The third-order valence-corrected chi connectivity index (χ3v) is 20.7. The number of benzene rings is 14. The van der Waals surface area contributed by atoms with E-state index >= 15 is 0 Å². The molecule has 0 aliphatic rings. The molecule has 14 aromatic carbocycles. The molecule has 0 fully saturated rings. The summed E-state index contributed by atoms with van der Waals surface area (Å²) < 4.78 is 456. The molecule has 17 rings (SSSR count). The maximum atomic E-state index is 11.1. The van der Waals surface area contributed by atoms with E-state index in [0.29, 0.717) is 16.3 Å². The molecule has 0 N–H and O–H groups in total. The lowest BCUT2D eigenvalue weighted by Gasteiger charge is -2.37. The van der Waals surface area contributed by atoms with Crippen molar-refractivity contribution in [2.75, 3.05) is 0 Å². The van der Waals surface area contributed by atoms with Crippen molar-refractivity contribution in [2.45, 2.75) is 20.6 Å². The lowest BCUT2D eigenvalue weighted by molar-refractivity contribution is -0.570. The van der Waals surface area contributed by atoms with Gasteiger partial charge in [0.2, 0.25) is 0 Å². The van der Waals surface area contributed by atoms with Gasteiger partial charge in [-0.05, 0) is 192 Å². The maximum Gasteiger partial charge on any atom is 0.269 e. The molecule has 0 unspecified atom stereocenters. The third-order valence-electron chi connectivity index (χ3n) is 16.5. The van der Waals surface area contributed by atoms with Gasteiger partial charge in [-0.25, -0.2) is 4.98 Å². The SMILES string of the molecule is [2H]c1c([2H])c([2H])c(-c2cc(-c3c([2H])c(-c4c([2H])c([2H])c([2H])c([2H])c4[2H])c([2H])c(-c4c([2H])c([2H])c([2H])c([2H])c4[2H])c3[2H])c(-[n+]3[c-]n(-c4cccc(Oc5ccc6c7ccccc7n(-c7cc(C([2H])([2H])[2H])c(-c8c([2H])c([2H])c([2H])c([2H])c8[2H])cn7)c6c5)c4)c4cc(-c5c(C([2H])([2H])[2H])cccc5C([2H])([2H])[2H])ccc43)c([Si](c3c([2H])c([2H])c([2H])c([2H])c3[2H])(c3c([2H])c([2H])c([2H])c([2H])c3[2H])c3c([2H])c([2H])c([2H])c([2H])c3[2H])c2)c([2H])c1[2H]. The predicted octanol–water partition coefficient (Wildman–Crippen LogP) is 20.3. The van der Waals surface area contributed by atoms with Crippen LogP contribution < -0.4 is 30.1 Å². The Kier molecular flexibility index (Phi) is 7.31. The molecule has 0 aliphatic carbocycles. The van der Waals surface area contributed by atoms with Crippen molar-refractivity contribution in [3.63, 3.8) is 0 Å². The van der Waals surface area contributed by atoms with Crippen LogP contribution in [0, 0.1) is 26.9 Å². The van der Waals surface area contributed by atoms with E-state index in [0.717, 1.165) is 57.8 Å². The second-order valence-electron chi connectivity index (χ2n) is 22.1. The summed E-state index contributed by atoms with van der Waals surface area (Å²) in [6.45, 7) is -9.48. The summed E-state index contributed by atoms with van der Waals surface area (Å²) in [6.07, 6.45) is 4.25. The number of ether oxygens (including phenoxy) is 1. The Morgan fingerprint density at radius 3 is 1.55 bits per heavy atom. The molecule has 6 heteroatoms. The van der Waals surface area contributed by atoms with E-state index in [4.69, 9.17) is 33.5 Å². The molecule has 0 amide bonds. The first-order chi connectivity index (χ1) is 68.2. The molecule has 5 nitrogen and oxygen atoms in total. The normalized spacial score (nSPS) is 18.7. The summed E-state index contributed by atoms with van der Waals surface area (Å²) in [7, 11) is -7.18. The van der Waals surface area contributed by atoms with E-state index < -0.39 is 368 Å². The first-order valence-corrected chi connectivity index (χ1v) is 32.0. The molecule has 470 valence electrons. The summed E-state index contributed by atoms with van der Waals surface area (Å²) in [5.41, 5.74) is -13.8. The number of pyridine rings is 1. The Hall–Kier alpha value is -12.5. The number of para-hydroxylation sites is 1. The van der Waals surface area contributed by atoms with Gasteiger partial charge < -0.3 is 4.74 Å². The van der Waals surface area contributed by atoms with Crippen molar-refractivity contribution in [3.05, 3.63) is 380 Å². The largest absolute Gasteiger partial charge is 0.458 e. The number of fused-ring (bicyclic) bond motifs is 4. The van der Waals surface area contributed by atoms with Gasteiger partial charge in [0.25, 0.3) is 6.33 Å². The van der Waals surface area contributed by atoms with Crippen LogP contribution in [0.1, 0.15) is 81.1 Å². The Morgan fingerprint density at radius 1 is 0.404 bits per heavy atom. The second kappa shape index (κ2) is 25.6. The van der Waals surface area contributed by atoms with Crippen molar-refractivity contribution in [1.29, 1.82) is 0 Å². The lowest BCUT2D eigenvalue weighted by atomic mass is 9.91. The molecule has 3 heterocycles. The molecule has 0 saturated heterocycles. The zero-order valence-corrected chi connectivity index (χ0v) is 51.8. The number of hydrogen-bond donors (Lipinski definition) is 0. The third kappa shape index (κ3) is 10.9. The summed E-state index contributed by atoms with van der Waals surface area (Å²) in [4.78, 5) is 4.68. The Labute approximate surface area is 644 Å². The summed E-state index contributed by atoms with van der Waals surface area (Å²) in [5.74, 6) is -0.279. The highest BCUT2D eigenvalue weighted by atomic mass is 28.3. The van der Waals surface area contributed by atoms with Crippen LogP contribution in [0.25, 0.3) is 117 Å². The highest BCUT2D eigenvalue weighted by Crippen LogP contribution is 2.41. The van der Waals surface area contributed by atoms with Crippen molar-refractivity contribution in [1.82, 2.24) is 14.1 Å². The molecule has 0 aliphatic heterocycles. The molecular weight excluding hydrogens is 1220 g/mol.